The fourth-order valence-corrected chi connectivity index (χ4v) is 3.50. The molecular weight excluding hydrogens is 352 g/mol. The average molecular weight is 378 g/mol. The lowest BCUT2D eigenvalue weighted by atomic mass is 10.1. The molecule has 6 heteroatoms. The molecule has 1 aromatic heterocycles. The summed E-state index contributed by atoms with van der Waals surface area (Å²) in [5.74, 6) is 1.49. The zero-order valence-corrected chi connectivity index (χ0v) is 16.6. The second-order valence-electron chi connectivity index (χ2n) is 7.18. The number of nitrogens with zero attached hydrogens (tertiary/aromatic N) is 3. The van der Waals surface area contributed by atoms with Gasteiger partial charge in [-0.1, -0.05) is 12.1 Å². The van der Waals surface area contributed by atoms with Crippen LogP contribution >= 0.6 is 0 Å². The Kier molecular flexibility index (Phi) is 5.21. The van der Waals surface area contributed by atoms with Crippen LogP contribution in [0.15, 0.2) is 53.1 Å². The maximum atomic E-state index is 5.88. The van der Waals surface area contributed by atoms with E-state index in [0.717, 1.165) is 43.2 Å². The number of rotatable bonds is 5. The predicted molar refractivity (Wildman–Crippen MR) is 113 cm³/mol. The van der Waals surface area contributed by atoms with Gasteiger partial charge in [-0.15, -0.1) is 0 Å². The molecule has 146 valence electrons. The van der Waals surface area contributed by atoms with Crippen molar-refractivity contribution in [2.45, 2.75) is 6.92 Å². The van der Waals surface area contributed by atoms with Gasteiger partial charge in [0.2, 0.25) is 0 Å². The molecule has 4 rings (SSSR count). The molecule has 2 aromatic carbocycles. The van der Waals surface area contributed by atoms with E-state index in [1.807, 2.05) is 24.3 Å². The normalized spacial score (nSPS) is 14.9. The third-order valence-electron chi connectivity index (χ3n) is 5.15. The first-order valence-electron chi connectivity index (χ1n) is 9.54. The van der Waals surface area contributed by atoms with Crippen molar-refractivity contribution in [2.75, 3.05) is 50.6 Å². The van der Waals surface area contributed by atoms with Gasteiger partial charge in [-0.25, -0.2) is 4.98 Å². The summed E-state index contributed by atoms with van der Waals surface area (Å²) in [4.78, 5) is 9.17. The van der Waals surface area contributed by atoms with Crippen LogP contribution in [0.2, 0.25) is 0 Å². The monoisotopic (exact) mass is 378 g/mol. The highest BCUT2D eigenvalue weighted by molar-refractivity contribution is 5.65. The molecule has 3 aromatic rings. The minimum absolute atomic E-state index is 0.476. The number of likely N-dealkylation sites (N-methyl/N-ethyl adjacent to an activating group) is 1. The Morgan fingerprint density at radius 1 is 1.07 bits per heavy atom. The number of benzene rings is 2. The maximum Gasteiger partial charge on any atom is 0.299 e. The van der Waals surface area contributed by atoms with E-state index < -0.39 is 0 Å². The SMILES string of the molecule is COc1cccc(-c2cnc(Nc3ccc(N4CCN(C)CC4)c(C)c3)o2)c1. The third-order valence-corrected chi connectivity index (χ3v) is 5.15. The van der Waals surface area contributed by atoms with E-state index in [1.54, 1.807) is 13.3 Å². The number of piperazine rings is 1. The molecule has 0 amide bonds. The number of anilines is 3. The Labute approximate surface area is 165 Å². The molecule has 0 atom stereocenters. The Morgan fingerprint density at radius 3 is 2.64 bits per heavy atom. The third kappa shape index (κ3) is 3.97. The molecule has 1 saturated heterocycles. The summed E-state index contributed by atoms with van der Waals surface area (Å²) in [5.41, 5.74) is 4.44. The molecule has 0 unspecified atom stereocenters. The first-order valence-corrected chi connectivity index (χ1v) is 9.54. The lowest BCUT2D eigenvalue weighted by Crippen LogP contribution is -2.44. The molecule has 1 aliphatic rings. The molecule has 0 radical (unpaired) electrons. The van der Waals surface area contributed by atoms with Crippen LogP contribution in [-0.2, 0) is 0 Å². The number of aromatic nitrogens is 1. The van der Waals surface area contributed by atoms with Crippen LogP contribution in [-0.4, -0.2) is 50.2 Å². The van der Waals surface area contributed by atoms with E-state index in [9.17, 15) is 0 Å². The highest BCUT2D eigenvalue weighted by Crippen LogP contribution is 2.29. The fourth-order valence-electron chi connectivity index (χ4n) is 3.50. The van der Waals surface area contributed by atoms with Gasteiger partial charge in [0.1, 0.15) is 5.75 Å². The molecule has 1 fully saturated rings. The highest BCUT2D eigenvalue weighted by atomic mass is 16.5. The van der Waals surface area contributed by atoms with E-state index in [-0.39, 0.29) is 0 Å². The molecule has 0 spiro atoms. The zero-order valence-electron chi connectivity index (χ0n) is 16.6. The van der Waals surface area contributed by atoms with E-state index >= 15 is 0 Å². The molecule has 2 heterocycles. The summed E-state index contributed by atoms with van der Waals surface area (Å²) in [5, 5.41) is 3.26. The molecular formula is C22H26N4O2. The van der Waals surface area contributed by atoms with E-state index in [4.69, 9.17) is 9.15 Å². The van der Waals surface area contributed by atoms with Gasteiger partial charge < -0.3 is 24.3 Å². The second kappa shape index (κ2) is 7.94. The van der Waals surface area contributed by atoms with Gasteiger partial charge in [0.25, 0.3) is 6.01 Å². The number of hydrogen-bond acceptors (Lipinski definition) is 6. The van der Waals surface area contributed by atoms with Crippen LogP contribution in [0, 0.1) is 6.92 Å². The van der Waals surface area contributed by atoms with Crippen LogP contribution in [0.25, 0.3) is 11.3 Å². The van der Waals surface area contributed by atoms with Gasteiger partial charge in [-0.05, 0) is 49.9 Å². The first kappa shape index (κ1) is 18.4. The quantitative estimate of drug-likeness (QED) is 0.720. The van der Waals surface area contributed by atoms with Crippen LogP contribution in [0.4, 0.5) is 17.4 Å². The number of ether oxygens (including phenoxy) is 1. The Morgan fingerprint density at radius 2 is 1.89 bits per heavy atom. The van der Waals surface area contributed by atoms with Gasteiger partial charge in [0, 0.05) is 43.1 Å². The smallest absolute Gasteiger partial charge is 0.299 e. The van der Waals surface area contributed by atoms with Crippen molar-refractivity contribution < 1.29 is 9.15 Å². The molecule has 1 N–H and O–H groups in total. The second-order valence-corrected chi connectivity index (χ2v) is 7.18. The molecule has 28 heavy (non-hydrogen) atoms. The largest absolute Gasteiger partial charge is 0.497 e. The minimum Gasteiger partial charge on any atom is -0.497 e. The Bertz CT molecular complexity index is 945. The molecule has 1 aliphatic heterocycles. The van der Waals surface area contributed by atoms with Crippen molar-refractivity contribution in [3.63, 3.8) is 0 Å². The number of nitrogens with one attached hydrogen (secondary N) is 1. The Hall–Kier alpha value is -2.99. The van der Waals surface area contributed by atoms with Gasteiger partial charge in [-0.3, -0.25) is 0 Å². The average Bonchev–Trinajstić information content (AvgIpc) is 3.18. The summed E-state index contributed by atoms with van der Waals surface area (Å²) in [7, 11) is 3.83. The predicted octanol–water partition coefficient (Wildman–Crippen LogP) is 4.15. The van der Waals surface area contributed by atoms with Crippen molar-refractivity contribution in [3.05, 3.63) is 54.2 Å². The standard InChI is InChI=1S/C22H26N4O2/c1-16-13-18(7-8-20(16)26-11-9-25(2)10-12-26)24-22-23-15-21(28-22)17-5-4-6-19(14-17)27-3/h4-8,13-15H,9-12H2,1-3H3,(H,23,24). The summed E-state index contributed by atoms with van der Waals surface area (Å²) >= 11 is 0. The number of aryl methyl sites for hydroxylation is 1. The highest BCUT2D eigenvalue weighted by Gasteiger charge is 2.16. The van der Waals surface area contributed by atoms with E-state index in [0.29, 0.717) is 11.8 Å². The Balaban J connectivity index is 1.47. The molecule has 0 bridgehead atoms. The maximum absolute atomic E-state index is 5.88. The van der Waals surface area contributed by atoms with Crippen molar-refractivity contribution in [2.24, 2.45) is 0 Å². The lowest BCUT2D eigenvalue weighted by Gasteiger charge is -2.35. The van der Waals surface area contributed by atoms with Crippen molar-refractivity contribution >= 4 is 17.4 Å². The number of hydrogen-bond donors (Lipinski definition) is 1. The number of methoxy groups -OCH3 is 1. The zero-order chi connectivity index (χ0) is 19.5. The van der Waals surface area contributed by atoms with Crippen LogP contribution < -0.4 is 15.0 Å². The van der Waals surface area contributed by atoms with Crippen LogP contribution in [0.1, 0.15) is 5.56 Å². The lowest BCUT2D eigenvalue weighted by molar-refractivity contribution is 0.312. The first-order chi connectivity index (χ1) is 13.6. The molecule has 6 nitrogen and oxygen atoms in total. The summed E-state index contributed by atoms with van der Waals surface area (Å²) in [6, 6.07) is 14.6. The van der Waals surface area contributed by atoms with Crippen molar-refractivity contribution in [3.8, 4) is 17.1 Å². The fraction of sp³-hybridized carbons (Fsp3) is 0.318. The van der Waals surface area contributed by atoms with E-state index in [2.05, 4.69) is 52.3 Å². The molecule has 0 saturated carbocycles. The van der Waals surface area contributed by atoms with Gasteiger partial charge in [-0.2, -0.15) is 0 Å². The van der Waals surface area contributed by atoms with Crippen molar-refractivity contribution in [1.29, 1.82) is 0 Å². The van der Waals surface area contributed by atoms with Gasteiger partial charge >= 0.3 is 0 Å². The summed E-state index contributed by atoms with van der Waals surface area (Å²) < 4.78 is 11.2. The van der Waals surface area contributed by atoms with Crippen molar-refractivity contribution in [1.82, 2.24) is 9.88 Å². The van der Waals surface area contributed by atoms with Crippen LogP contribution in [0.3, 0.4) is 0 Å². The summed E-state index contributed by atoms with van der Waals surface area (Å²) in [6.45, 7) is 6.48. The topological polar surface area (TPSA) is 53.8 Å². The molecule has 0 aliphatic carbocycles. The van der Waals surface area contributed by atoms with Gasteiger partial charge in [0.15, 0.2) is 5.76 Å². The van der Waals surface area contributed by atoms with Crippen LogP contribution in [0.5, 0.6) is 5.75 Å². The van der Waals surface area contributed by atoms with E-state index in [1.165, 1.54) is 11.3 Å². The van der Waals surface area contributed by atoms with Gasteiger partial charge in [0.05, 0.1) is 13.3 Å². The number of oxazole rings is 1. The minimum atomic E-state index is 0.476. The summed E-state index contributed by atoms with van der Waals surface area (Å²) in [6.07, 6.45) is 1.72.